The zero-order valence-electron chi connectivity index (χ0n) is 15.0. The van der Waals surface area contributed by atoms with Gasteiger partial charge in [-0.1, -0.05) is 36.7 Å². The summed E-state index contributed by atoms with van der Waals surface area (Å²) in [4.78, 5) is 12.3. The van der Waals surface area contributed by atoms with Crippen molar-refractivity contribution in [3.05, 3.63) is 64.2 Å². The zero-order valence-corrected chi connectivity index (χ0v) is 16.6. The van der Waals surface area contributed by atoms with Crippen molar-refractivity contribution in [1.29, 1.82) is 0 Å². The van der Waals surface area contributed by atoms with Crippen molar-refractivity contribution in [2.45, 2.75) is 42.9 Å². The summed E-state index contributed by atoms with van der Waals surface area (Å²) >= 11 is 5.81. The predicted octanol–water partition coefficient (Wildman–Crippen LogP) is 3.54. The number of carboxylic acid groups (broad SMARTS) is 1. The molecule has 1 aliphatic rings. The van der Waals surface area contributed by atoms with E-state index in [4.69, 9.17) is 11.6 Å². The monoisotopic (exact) mass is 407 g/mol. The molecule has 0 bridgehead atoms. The van der Waals surface area contributed by atoms with E-state index in [1.807, 2.05) is 18.2 Å². The topological polar surface area (TPSA) is 83.5 Å². The molecule has 27 heavy (non-hydrogen) atoms. The number of hydrogen-bond donors (Lipinski definition) is 2. The minimum Gasteiger partial charge on any atom is -0.481 e. The lowest BCUT2D eigenvalue weighted by atomic mass is 9.77. The molecule has 1 aliphatic carbocycles. The van der Waals surface area contributed by atoms with Gasteiger partial charge in [-0.15, -0.1) is 0 Å². The van der Waals surface area contributed by atoms with Gasteiger partial charge in [0.05, 0.1) is 4.90 Å². The van der Waals surface area contributed by atoms with Crippen LogP contribution in [0.4, 0.5) is 0 Å². The number of carbonyl (C=O) groups is 1. The Morgan fingerprint density at radius 3 is 2.44 bits per heavy atom. The Morgan fingerprint density at radius 1 is 1.15 bits per heavy atom. The van der Waals surface area contributed by atoms with Gasteiger partial charge in [0, 0.05) is 11.6 Å². The van der Waals surface area contributed by atoms with E-state index in [0.717, 1.165) is 24.8 Å². The first-order chi connectivity index (χ1) is 12.8. The van der Waals surface area contributed by atoms with E-state index in [2.05, 4.69) is 4.72 Å². The maximum absolute atomic E-state index is 12.6. The number of halogens is 1. The van der Waals surface area contributed by atoms with Crippen LogP contribution in [0, 0.1) is 0 Å². The molecule has 0 saturated heterocycles. The standard InChI is InChI=1S/C20H22ClNO4S/c1-2-20(19(23)24,16-7-6-14-4-3-5-15(14)12-16)13-22-27(25,26)18-10-8-17(21)9-11-18/h6-12,22H,2-5,13H2,1H3,(H,23,24). The molecule has 5 nitrogen and oxygen atoms in total. The van der Waals surface area contributed by atoms with Gasteiger partial charge in [0.1, 0.15) is 5.41 Å². The van der Waals surface area contributed by atoms with Crippen LogP contribution in [0.5, 0.6) is 0 Å². The summed E-state index contributed by atoms with van der Waals surface area (Å²) < 4.78 is 27.7. The number of sulfonamides is 1. The second-order valence-electron chi connectivity index (χ2n) is 6.86. The summed E-state index contributed by atoms with van der Waals surface area (Å²) in [5.74, 6) is -1.04. The molecule has 1 unspecified atom stereocenters. The van der Waals surface area contributed by atoms with E-state index < -0.39 is 21.4 Å². The van der Waals surface area contributed by atoms with Crippen molar-refractivity contribution >= 4 is 27.6 Å². The van der Waals surface area contributed by atoms with Crippen LogP contribution >= 0.6 is 11.6 Å². The number of benzene rings is 2. The molecule has 0 fully saturated rings. The van der Waals surface area contributed by atoms with Gasteiger partial charge in [-0.3, -0.25) is 4.79 Å². The molecule has 3 rings (SSSR count). The van der Waals surface area contributed by atoms with Gasteiger partial charge >= 0.3 is 5.97 Å². The molecular weight excluding hydrogens is 386 g/mol. The first-order valence-corrected chi connectivity index (χ1v) is 10.8. The minimum atomic E-state index is -3.85. The fourth-order valence-corrected chi connectivity index (χ4v) is 4.79. The lowest BCUT2D eigenvalue weighted by molar-refractivity contribution is -0.143. The lowest BCUT2D eigenvalue weighted by Gasteiger charge is -2.29. The quantitative estimate of drug-likeness (QED) is 0.735. The minimum absolute atomic E-state index is 0.0521. The van der Waals surface area contributed by atoms with Crippen molar-refractivity contribution in [2.75, 3.05) is 6.54 Å². The van der Waals surface area contributed by atoms with Crippen LogP contribution < -0.4 is 4.72 Å². The van der Waals surface area contributed by atoms with Crippen LogP contribution in [0.25, 0.3) is 0 Å². The van der Waals surface area contributed by atoms with E-state index in [9.17, 15) is 18.3 Å². The molecule has 0 radical (unpaired) electrons. The van der Waals surface area contributed by atoms with E-state index in [-0.39, 0.29) is 17.9 Å². The Bertz CT molecular complexity index is 956. The van der Waals surface area contributed by atoms with Crippen molar-refractivity contribution in [1.82, 2.24) is 4.72 Å². The number of aryl methyl sites for hydroxylation is 2. The van der Waals surface area contributed by atoms with E-state index in [1.54, 1.807) is 6.92 Å². The lowest BCUT2D eigenvalue weighted by Crippen LogP contribution is -2.46. The second-order valence-corrected chi connectivity index (χ2v) is 9.06. The largest absolute Gasteiger partial charge is 0.481 e. The van der Waals surface area contributed by atoms with Crippen LogP contribution in [-0.4, -0.2) is 26.0 Å². The molecular formula is C20H22ClNO4S. The highest BCUT2D eigenvalue weighted by Crippen LogP contribution is 2.33. The molecule has 0 amide bonds. The van der Waals surface area contributed by atoms with Gasteiger partial charge in [-0.05, 0) is 66.6 Å². The molecule has 2 aromatic carbocycles. The molecule has 7 heteroatoms. The first kappa shape index (κ1) is 19.9. The maximum atomic E-state index is 12.6. The number of carboxylic acids is 1. The molecule has 1 atom stereocenters. The fraction of sp³-hybridized carbons (Fsp3) is 0.350. The molecule has 0 aliphatic heterocycles. The average Bonchev–Trinajstić information content (AvgIpc) is 3.10. The van der Waals surface area contributed by atoms with Crippen LogP contribution in [0.2, 0.25) is 5.02 Å². The highest BCUT2D eigenvalue weighted by molar-refractivity contribution is 7.89. The summed E-state index contributed by atoms with van der Waals surface area (Å²) in [5, 5.41) is 10.4. The Labute approximate surface area is 164 Å². The fourth-order valence-electron chi connectivity index (χ4n) is 3.57. The van der Waals surface area contributed by atoms with Crippen LogP contribution in [0.15, 0.2) is 47.4 Å². The summed E-state index contributed by atoms with van der Waals surface area (Å²) in [6.45, 7) is 1.54. The highest BCUT2D eigenvalue weighted by Gasteiger charge is 2.40. The second kappa shape index (κ2) is 7.62. The van der Waals surface area contributed by atoms with Crippen molar-refractivity contribution in [2.24, 2.45) is 0 Å². The van der Waals surface area contributed by atoms with Crippen molar-refractivity contribution in [3.63, 3.8) is 0 Å². The van der Waals surface area contributed by atoms with Gasteiger partial charge < -0.3 is 5.11 Å². The molecule has 2 N–H and O–H groups in total. The number of fused-ring (bicyclic) bond motifs is 1. The Hall–Kier alpha value is -1.89. The van der Waals surface area contributed by atoms with Crippen molar-refractivity contribution < 1.29 is 18.3 Å². The van der Waals surface area contributed by atoms with Crippen LogP contribution in [0.1, 0.15) is 36.5 Å². The third-order valence-corrected chi connectivity index (χ3v) is 7.02. The Kier molecular flexibility index (Phi) is 5.60. The number of rotatable bonds is 7. The molecule has 0 aromatic heterocycles. The highest BCUT2D eigenvalue weighted by atomic mass is 35.5. The van der Waals surface area contributed by atoms with Gasteiger partial charge in [0.2, 0.25) is 10.0 Å². The molecule has 0 heterocycles. The molecule has 0 spiro atoms. The third kappa shape index (κ3) is 3.88. The Balaban J connectivity index is 1.91. The molecule has 0 saturated carbocycles. The van der Waals surface area contributed by atoms with Gasteiger partial charge in [-0.25, -0.2) is 13.1 Å². The SMILES string of the molecule is CCC(CNS(=O)(=O)c1ccc(Cl)cc1)(C(=O)O)c1ccc2c(c1)CCC2. The molecule has 144 valence electrons. The van der Waals surface area contributed by atoms with E-state index in [1.165, 1.54) is 29.8 Å². The van der Waals surface area contributed by atoms with Crippen LogP contribution in [-0.2, 0) is 33.1 Å². The van der Waals surface area contributed by atoms with E-state index in [0.29, 0.717) is 10.6 Å². The van der Waals surface area contributed by atoms with Gasteiger partial charge in [0.15, 0.2) is 0 Å². The Morgan fingerprint density at radius 2 is 1.81 bits per heavy atom. The predicted molar refractivity (Wildman–Crippen MR) is 105 cm³/mol. The van der Waals surface area contributed by atoms with E-state index >= 15 is 0 Å². The zero-order chi connectivity index (χ0) is 19.7. The number of hydrogen-bond acceptors (Lipinski definition) is 3. The summed E-state index contributed by atoms with van der Waals surface area (Å²) in [5.41, 5.74) is 1.72. The number of nitrogens with one attached hydrogen (secondary N) is 1. The molecule has 2 aromatic rings. The van der Waals surface area contributed by atoms with Crippen molar-refractivity contribution in [3.8, 4) is 0 Å². The maximum Gasteiger partial charge on any atom is 0.315 e. The smallest absolute Gasteiger partial charge is 0.315 e. The average molecular weight is 408 g/mol. The van der Waals surface area contributed by atoms with Crippen LogP contribution in [0.3, 0.4) is 0 Å². The summed E-state index contributed by atoms with van der Waals surface area (Å²) in [6.07, 6.45) is 3.27. The van der Waals surface area contributed by atoms with Gasteiger partial charge in [0.25, 0.3) is 0 Å². The van der Waals surface area contributed by atoms with Gasteiger partial charge in [-0.2, -0.15) is 0 Å². The third-order valence-electron chi connectivity index (χ3n) is 5.35. The summed E-state index contributed by atoms with van der Waals surface area (Å²) in [6, 6.07) is 11.5. The number of aliphatic carboxylic acids is 1. The normalized spacial score (nSPS) is 15.9. The summed E-state index contributed by atoms with van der Waals surface area (Å²) in [7, 11) is -3.85. The first-order valence-electron chi connectivity index (χ1n) is 8.89.